The van der Waals surface area contributed by atoms with Crippen LogP contribution in [0.4, 0.5) is 5.82 Å². The number of methoxy groups -OCH3 is 1. The second kappa shape index (κ2) is 5.05. The highest BCUT2D eigenvalue weighted by Crippen LogP contribution is 2.30. The van der Waals surface area contributed by atoms with Crippen LogP contribution in [0.25, 0.3) is 0 Å². The van der Waals surface area contributed by atoms with Gasteiger partial charge in [-0.25, -0.2) is 4.79 Å². The zero-order valence-electron chi connectivity index (χ0n) is 10.3. The second-order valence-electron chi connectivity index (χ2n) is 4.34. The summed E-state index contributed by atoms with van der Waals surface area (Å²) in [6.45, 7) is 1.81. The summed E-state index contributed by atoms with van der Waals surface area (Å²) in [6, 6.07) is 1.52. The summed E-state index contributed by atoms with van der Waals surface area (Å²) in [4.78, 5) is 15.3. The fourth-order valence-corrected chi connectivity index (χ4v) is 2.05. The quantitative estimate of drug-likeness (QED) is 0.756. The van der Waals surface area contributed by atoms with Crippen LogP contribution in [-0.4, -0.2) is 40.1 Å². The van der Waals surface area contributed by atoms with Crippen LogP contribution in [0.1, 0.15) is 19.6 Å². The van der Waals surface area contributed by atoms with E-state index in [0.717, 1.165) is 0 Å². The van der Waals surface area contributed by atoms with Crippen LogP contribution in [0.3, 0.4) is 0 Å². The fraction of sp³-hybridized carbons (Fsp3) is 0.636. The molecule has 0 bridgehead atoms. The summed E-state index contributed by atoms with van der Waals surface area (Å²) in [5, 5.41) is 9.90. The van der Waals surface area contributed by atoms with E-state index in [4.69, 9.17) is 15.2 Å². The number of ether oxygens (including phenoxy) is 2. The maximum absolute atomic E-state index is 11.7. The van der Waals surface area contributed by atoms with Crippen molar-refractivity contribution < 1.29 is 14.6 Å². The van der Waals surface area contributed by atoms with Crippen molar-refractivity contribution in [3.8, 4) is 0 Å². The Hall–Kier alpha value is -1.44. The minimum Gasteiger partial charge on any atom is -0.390 e. The van der Waals surface area contributed by atoms with Crippen LogP contribution in [0.5, 0.6) is 0 Å². The number of aromatic nitrogens is 2. The zero-order valence-corrected chi connectivity index (χ0v) is 10.3. The van der Waals surface area contributed by atoms with Crippen LogP contribution < -0.4 is 11.4 Å². The van der Waals surface area contributed by atoms with E-state index in [-0.39, 0.29) is 11.9 Å². The van der Waals surface area contributed by atoms with Crippen LogP contribution in [0.2, 0.25) is 0 Å². The highest BCUT2D eigenvalue weighted by atomic mass is 16.6. The maximum atomic E-state index is 11.7. The van der Waals surface area contributed by atoms with Gasteiger partial charge < -0.3 is 20.3 Å². The van der Waals surface area contributed by atoms with E-state index in [1.807, 2.05) is 0 Å². The molecule has 7 nitrogen and oxygen atoms in total. The number of hydrogen-bond acceptors (Lipinski definition) is 6. The summed E-state index contributed by atoms with van der Waals surface area (Å²) in [7, 11) is 1.55. The van der Waals surface area contributed by atoms with Crippen molar-refractivity contribution in [2.24, 2.45) is 0 Å². The molecule has 1 unspecified atom stereocenters. The van der Waals surface area contributed by atoms with Gasteiger partial charge in [0.2, 0.25) is 0 Å². The lowest BCUT2D eigenvalue weighted by atomic mass is 10.1. The van der Waals surface area contributed by atoms with E-state index in [1.165, 1.54) is 16.8 Å². The highest BCUT2D eigenvalue weighted by molar-refractivity contribution is 5.23. The fourth-order valence-electron chi connectivity index (χ4n) is 2.05. The van der Waals surface area contributed by atoms with Crippen LogP contribution in [-0.2, 0) is 9.47 Å². The molecule has 4 atom stereocenters. The lowest BCUT2D eigenvalue weighted by molar-refractivity contribution is -0.0893. The Kier molecular flexibility index (Phi) is 3.65. The van der Waals surface area contributed by atoms with Gasteiger partial charge in [0, 0.05) is 19.7 Å². The molecule has 1 aromatic rings. The van der Waals surface area contributed by atoms with Gasteiger partial charge in [0.05, 0.1) is 12.2 Å². The molecule has 2 heterocycles. The lowest BCUT2D eigenvalue weighted by Gasteiger charge is -2.21. The molecule has 0 spiro atoms. The van der Waals surface area contributed by atoms with Gasteiger partial charge in [-0.1, -0.05) is 0 Å². The zero-order chi connectivity index (χ0) is 13.3. The minimum atomic E-state index is -0.672. The van der Waals surface area contributed by atoms with Gasteiger partial charge in [-0.3, -0.25) is 4.57 Å². The molecule has 1 aromatic heterocycles. The minimum absolute atomic E-state index is 0.164. The first-order chi connectivity index (χ1) is 8.52. The van der Waals surface area contributed by atoms with Crippen molar-refractivity contribution in [2.75, 3.05) is 12.8 Å². The van der Waals surface area contributed by atoms with Crippen LogP contribution in [0, 0.1) is 0 Å². The Labute approximate surface area is 104 Å². The summed E-state index contributed by atoms with van der Waals surface area (Å²) in [5.41, 5.74) is 4.93. The van der Waals surface area contributed by atoms with Crippen LogP contribution in [0.15, 0.2) is 17.1 Å². The first-order valence-electron chi connectivity index (χ1n) is 5.74. The largest absolute Gasteiger partial charge is 0.390 e. The van der Waals surface area contributed by atoms with Gasteiger partial charge >= 0.3 is 5.69 Å². The molecule has 1 fully saturated rings. The molecular formula is C11H17N3O4. The molecule has 0 aliphatic carbocycles. The van der Waals surface area contributed by atoms with Crippen molar-refractivity contribution >= 4 is 5.82 Å². The standard InChI is InChI=1S/C11H17N3O4/c1-6(17-2)10-7(15)5-9(18-10)14-4-3-8(12)13-11(14)16/h3-4,6-7,9-10,15H,5H2,1-2H3,(H2,12,13,16)/t6?,7-,9+,10+/m0/s1. The maximum Gasteiger partial charge on any atom is 0.351 e. The lowest BCUT2D eigenvalue weighted by Crippen LogP contribution is -2.34. The number of hydrogen-bond donors (Lipinski definition) is 2. The summed E-state index contributed by atoms with van der Waals surface area (Å²) in [5.74, 6) is 0.164. The van der Waals surface area contributed by atoms with E-state index >= 15 is 0 Å². The number of anilines is 1. The molecule has 0 saturated carbocycles. The van der Waals surface area contributed by atoms with Gasteiger partial charge in [0.25, 0.3) is 0 Å². The Morgan fingerprint density at radius 2 is 2.44 bits per heavy atom. The molecular weight excluding hydrogens is 238 g/mol. The van der Waals surface area contributed by atoms with Crippen molar-refractivity contribution in [3.63, 3.8) is 0 Å². The first kappa shape index (κ1) is 13.0. The average molecular weight is 255 g/mol. The molecule has 0 amide bonds. The summed E-state index contributed by atoms with van der Waals surface area (Å²) >= 11 is 0. The summed E-state index contributed by atoms with van der Waals surface area (Å²) in [6.07, 6.45) is -0.0734. The monoisotopic (exact) mass is 255 g/mol. The second-order valence-corrected chi connectivity index (χ2v) is 4.34. The summed E-state index contributed by atoms with van der Waals surface area (Å²) < 4.78 is 12.1. The molecule has 100 valence electrons. The van der Waals surface area contributed by atoms with Crippen molar-refractivity contribution in [3.05, 3.63) is 22.7 Å². The molecule has 0 aromatic carbocycles. The third-order valence-corrected chi connectivity index (χ3v) is 3.13. The van der Waals surface area contributed by atoms with Gasteiger partial charge in [-0.05, 0) is 13.0 Å². The molecule has 1 aliphatic heterocycles. The topological polar surface area (TPSA) is 99.6 Å². The molecule has 7 heteroatoms. The molecule has 2 rings (SSSR count). The number of aliphatic hydroxyl groups is 1. The van der Waals surface area contributed by atoms with Gasteiger partial charge in [-0.15, -0.1) is 0 Å². The molecule has 1 saturated heterocycles. The van der Waals surface area contributed by atoms with E-state index in [1.54, 1.807) is 14.0 Å². The van der Waals surface area contributed by atoms with Crippen molar-refractivity contribution in [2.45, 2.75) is 37.9 Å². The Balaban J connectivity index is 2.19. The molecule has 1 aliphatic rings. The van der Waals surface area contributed by atoms with Gasteiger partial charge in [0.1, 0.15) is 18.1 Å². The van der Waals surface area contributed by atoms with E-state index in [0.29, 0.717) is 6.42 Å². The number of rotatable bonds is 3. The smallest absolute Gasteiger partial charge is 0.351 e. The predicted octanol–water partition coefficient (Wildman–Crippen LogP) is -0.491. The molecule has 0 radical (unpaired) electrons. The SMILES string of the molecule is COC(C)[C@H]1O[C@@H](n2ccc(N)nc2=O)C[C@@H]1O. The number of nitrogens with zero attached hydrogens (tertiary/aromatic N) is 2. The van der Waals surface area contributed by atoms with Gasteiger partial charge in [-0.2, -0.15) is 4.98 Å². The normalized spacial score (nSPS) is 29.4. The van der Waals surface area contributed by atoms with Gasteiger partial charge in [0.15, 0.2) is 0 Å². The van der Waals surface area contributed by atoms with Crippen molar-refractivity contribution in [1.82, 2.24) is 9.55 Å². The third-order valence-electron chi connectivity index (χ3n) is 3.13. The predicted molar refractivity (Wildman–Crippen MR) is 63.9 cm³/mol. The molecule has 3 N–H and O–H groups in total. The highest BCUT2D eigenvalue weighted by Gasteiger charge is 2.38. The number of aliphatic hydroxyl groups excluding tert-OH is 1. The average Bonchev–Trinajstić information content (AvgIpc) is 2.70. The number of nitrogen functional groups attached to an aromatic ring is 1. The van der Waals surface area contributed by atoms with Crippen LogP contribution >= 0.6 is 0 Å². The Morgan fingerprint density at radius 1 is 1.72 bits per heavy atom. The van der Waals surface area contributed by atoms with Crippen molar-refractivity contribution in [1.29, 1.82) is 0 Å². The van der Waals surface area contributed by atoms with E-state index in [2.05, 4.69) is 4.98 Å². The first-order valence-corrected chi connectivity index (χ1v) is 5.74. The molecule has 18 heavy (non-hydrogen) atoms. The van der Waals surface area contributed by atoms with E-state index in [9.17, 15) is 9.90 Å². The number of nitrogens with two attached hydrogens (primary N) is 1. The van der Waals surface area contributed by atoms with E-state index < -0.39 is 24.1 Å². The Morgan fingerprint density at radius 3 is 3.06 bits per heavy atom. The Bertz CT molecular complexity index is 476. The third kappa shape index (κ3) is 2.38.